The minimum atomic E-state index is -0.0317. The Balaban J connectivity index is 1.87. The second-order valence-corrected chi connectivity index (χ2v) is 4.79. The van der Waals surface area contributed by atoms with Crippen molar-refractivity contribution in [2.75, 3.05) is 32.1 Å². The Morgan fingerprint density at radius 1 is 1.39 bits per heavy atom. The molecule has 2 rings (SSSR count). The predicted octanol–water partition coefficient (Wildman–Crippen LogP) is 1.66. The third kappa shape index (κ3) is 3.23. The number of hydrogen-bond donors (Lipinski definition) is 1. The Hall–Kier alpha value is -1.55. The van der Waals surface area contributed by atoms with Crippen LogP contribution in [0.15, 0.2) is 24.3 Å². The maximum atomic E-state index is 11.9. The van der Waals surface area contributed by atoms with Gasteiger partial charge in [0.15, 0.2) is 0 Å². The lowest BCUT2D eigenvalue weighted by molar-refractivity contribution is 0.0858. The van der Waals surface area contributed by atoms with E-state index in [1.807, 2.05) is 43.3 Å². The molecule has 4 heteroatoms. The van der Waals surface area contributed by atoms with Crippen LogP contribution in [0.5, 0.6) is 0 Å². The van der Waals surface area contributed by atoms with E-state index < -0.39 is 0 Å². The summed E-state index contributed by atoms with van der Waals surface area (Å²) >= 11 is 0. The first-order valence-corrected chi connectivity index (χ1v) is 6.34. The highest BCUT2D eigenvalue weighted by molar-refractivity contribution is 5.94. The lowest BCUT2D eigenvalue weighted by Crippen LogP contribution is -2.31. The van der Waals surface area contributed by atoms with Crippen molar-refractivity contribution in [1.29, 1.82) is 0 Å². The van der Waals surface area contributed by atoms with Gasteiger partial charge >= 0.3 is 0 Å². The fraction of sp³-hybridized carbons (Fsp3) is 0.500. The quantitative estimate of drug-likeness (QED) is 0.881. The molecule has 1 heterocycles. The fourth-order valence-electron chi connectivity index (χ4n) is 2.02. The van der Waals surface area contributed by atoms with Crippen LogP contribution in [0.25, 0.3) is 0 Å². The van der Waals surface area contributed by atoms with Gasteiger partial charge in [0.05, 0.1) is 6.10 Å². The summed E-state index contributed by atoms with van der Waals surface area (Å²) in [5, 5.41) is 2.91. The predicted molar refractivity (Wildman–Crippen MR) is 72.1 cm³/mol. The van der Waals surface area contributed by atoms with E-state index in [1.165, 1.54) is 0 Å². The van der Waals surface area contributed by atoms with Crippen LogP contribution in [0.2, 0.25) is 0 Å². The van der Waals surface area contributed by atoms with Crippen LogP contribution in [-0.4, -0.2) is 39.3 Å². The van der Waals surface area contributed by atoms with E-state index >= 15 is 0 Å². The third-order valence-corrected chi connectivity index (χ3v) is 3.16. The van der Waals surface area contributed by atoms with Crippen LogP contribution in [0.3, 0.4) is 0 Å². The molecule has 1 amide bonds. The van der Waals surface area contributed by atoms with Crippen molar-refractivity contribution in [1.82, 2.24) is 5.32 Å². The molecule has 0 radical (unpaired) electrons. The van der Waals surface area contributed by atoms with Gasteiger partial charge in [0.2, 0.25) is 0 Å². The molecule has 0 aliphatic carbocycles. The topological polar surface area (TPSA) is 41.6 Å². The highest BCUT2D eigenvalue weighted by atomic mass is 16.5. The molecule has 0 saturated carbocycles. The van der Waals surface area contributed by atoms with Gasteiger partial charge in [-0.15, -0.1) is 0 Å². The second-order valence-electron chi connectivity index (χ2n) is 4.79. The van der Waals surface area contributed by atoms with Crippen LogP contribution < -0.4 is 10.2 Å². The number of anilines is 1. The number of hydrogen-bond acceptors (Lipinski definition) is 3. The van der Waals surface area contributed by atoms with Crippen molar-refractivity contribution < 1.29 is 9.53 Å². The number of benzene rings is 1. The zero-order valence-corrected chi connectivity index (χ0v) is 11.0. The molecule has 1 N–H and O–H groups in total. The number of rotatable bonds is 4. The van der Waals surface area contributed by atoms with Crippen molar-refractivity contribution in [2.24, 2.45) is 0 Å². The Morgan fingerprint density at radius 2 is 2.11 bits per heavy atom. The van der Waals surface area contributed by atoms with Crippen molar-refractivity contribution in [3.63, 3.8) is 0 Å². The number of amides is 1. The first-order valence-electron chi connectivity index (χ1n) is 6.34. The number of nitrogens with one attached hydrogen (secondary N) is 1. The third-order valence-electron chi connectivity index (χ3n) is 3.16. The standard InChI is InChI=1S/C14H20N2O2/c1-16(2)12-7-5-11(6-8-12)14(17)15-10-13-4-3-9-18-13/h5-8,13H,3-4,9-10H2,1-2H3,(H,15,17)/t13-/m1/s1. The number of nitrogens with zero attached hydrogens (tertiary/aromatic N) is 1. The molecule has 0 spiro atoms. The van der Waals surface area contributed by atoms with Gasteiger partial charge in [0, 0.05) is 38.5 Å². The average Bonchev–Trinajstić information content (AvgIpc) is 2.89. The van der Waals surface area contributed by atoms with Crippen molar-refractivity contribution >= 4 is 11.6 Å². The second kappa shape index (κ2) is 5.87. The van der Waals surface area contributed by atoms with Crippen molar-refractivity contribution in [2.45, 2.75) is 18.9 Å². The van der Waals surface area contributed by atoms with Crippen LogP contribution in [0.4, 0.5) is 5.69 Å². The van der Waals surface area contributed by atoms with Crippen LogP contribution >= 0.6 is 0 Å². The van der Waals surface area contributed by atoms with Gasteiger partial charge in [0.25, 0.3) is 5.91 Å². The average molecular weight is 248 g/mol. The van der Waals surface area contributed by atoms with E-state index in [9.17, 15) is 4.79 Å². The zero-order chi connectivity index (χ0) is 13.0. The summed E-state index contributed by atoms with van der Waals surface area (Å²) in [7, 11) is 3.96. The van der Waals surface area contributed by atoms with Crippen LogP contribution in [0, 0.1) is 0 Å². The molecule has 1 aromatic rings. The van der Waals surface area contributed by atoms with E-state index in [2.05, 4.69) is 5.32 Å². The van der Waals surface area contributed by atoms with E-state index in [1.54, 1.807) is 0 Å². The maximum absolute atomic E-state index is 11.9. The highest BCUT2D eigenvalue weighted by Crippen LogP contribution is 2.13. The molecule has 1 aliphatic heterocycles. The minimum Gasteiger partial charge on any atom is -0.378 e. The van der Waals surface area contributed by atoms with E-state index in [4.69, 9.17) is 4.74 Å². The molecule has 18 heavy (non-hydrogen) atoms. The van der Waals surface area contributed by atoms with Gasteiger partial charge in [-0.2, -0.15) is 0 Å². The summed E-state index contributed by atoms with van der Waals surface area (Å²) in [4.78, 5) is 13.9. The largest absolute Gasteiger partial charge is 0.378 e. The molecule has 1 aliphatic rings. The molecule has 1 saturated heterocycles. The summed E-state index contributed by atoms with van der Waals surface area (Å²) < 4.78 is 5.47. The minimum absolute atomic E-state index is 0.0317. The van der Waals surface area contributed by atoms with Gasteiger partial charge < -0.3 is 15.0 Å². The molecule has 1 fully saturated rings. The van der Waals surface area contributed by atoms with Crippen LogP contribution in [-0.2, 0) is 4.74 Å². The number of carbonyl (C=O) groups excluding carboxylic acids is 1. The van der Waals surface area contributed by atoms with Gasteiger partial charge in [-0.1, -0.05) is 0 Å². The summed E-state index contributed by atoms with van der Waals surface area (Å²) in [5.74, 6) is -0.0317. The fourth-order valence-corrected chi connectivity index (χ4v) is 2.02. The van der Waals surface area contributed by atoms with Crippen molar-refractivity contribution in [3.8, 4) is 0 Å². The van der Waals surface area contributed by atoms with Crippen LogP contribution in [0.1, 0.15) is 23.2 Å². The smallest absolute Gasteiger partial charge is 0.251 e. The molecule has 98 valence electrons. The Labute approximate surface area is 108 Å². The van der Waals surface area contributed by atoms with Gasteiger partial charge in [0.1, 0.15) is 0 Å². The summed E-state index contributed by atoms with van der Waals surface area (Å²) in [6.45, 7) is 1.42. The summed E-state index contributed by atoms with van der Waals surface area (Å²) in [6, 6.07) is 7.59. The summed E-state index contributed by atoms with van der Waals surface area (Å²) in [5.41, 5.74) is 1.78. The molecule has 1 atom stereocenters. The Morgan fingerprint density at radius 3 is 2.67 bits per heavy atom. The lowest BCUT2D eigenvalue weighted by Gasteiger charge is -2.13. The number of ether oxygens (including phenoxy) is 1. The Bertz CT molecular complexity index is 395. The monoisotopic (exact) mass is 248 g/mol. The molecule has 0 unspecified atom stereocenters. The highest BCUT2D eigenvalue weighted by Gasteiger charge is 2.16. The molecule has 4 nitrogen and oxygen atoms in total. The number of carbonyl (C=O) groups is 1. The normalized spacial score (nSPS) is 18.7. The first-order chi connectivity index (χ1) is 8.66. The SMILES string of the molecule is CN(C)c1ccc(C(=O)NC[C@H]2CCCO2)cc1. The molecular formula is C14H20N2O2. The molecular weight excluding hydrogens is 228 g/mol. The molecule has 0 aromatic heterocycles. The Kier molecular flexibility index (Phi) is 4.20. The van der Waals surface area contributed by atoms with Gasteiger partial charge in [-0.25, -0.2) is 0 Å². The maximum Gasteiger partial charge on any atom is 0.251 e. The molecule has 1 aromatic carbocycles. The zero-order valence-electron chi connectivity index (χ0n) is 11.0. The summed E-state index contributed by atoms with van der Waals surface area (Å²) in [6.07, 6.45) is 2.33. The van der Waals surface area contributed by atoms with E-state index in [-0.39, 0.29) is 12.0 Å². The van der Waals surface area contributed by atoms with Gasteiger partial charge in [-0.05, 0) is 37.1 Å². The lowest BCUT2D eigenvalue weighted by atomic mass is 10.2. The van der Waals surface area contributed by atoms with E-state index in [0.717, 1.165) is 25.1 Å². The van der Waals surface area contributed by atoms with E-state index in [0.29, 0.717) is 12.1 Å². The van der Waals surface area contributed by atoms with Crippen molar-refractivity contribution in [3.05, 3.63) is 29.8 Å². The first kappa shape index (κ1) is 12.9. The molecule has 0 bridgehead atoms. The van der Waals surface area contributed by atoms with Gasteiger partial charge in [-0.3, -0.25) is 4.79 Å².